The Morgan fingerprint density at radius 1 is 1.33 bits per heavy atom. The standard InChI is InChI=1S/C13H17ClN2O4S/c14-10-6-7-13(15-8-10)21(18,19)16-12(17)9-20-11-4-2-1-3-5-11/h6-8,11H,1-5,9H2,(H,16,17). The lowest BCUT2D eigenvalue weighted by atomic mass is 9.98. The van der Waals surface area contributed by atoms with E-state index >= 15 is 0 Å². The van der Waals surface area contributed by atoms with E-state index in [9.17, 15) is 13.2 Å². The first kappa shape index (κ1) is 16.2. The summed E-state index contributed by atoms with van der Waals surface area (Å²) in [5, 5.41) is 0.0684. The maximum absolute atomic E-state index is 11.9. The van der Waals surface area contributed by atoms with Gasteiger partial charge in [0.05, 0.1) is 11.1 Å². The van der Waals surface area contributed by atoms with Gasteiger partial charge in [-0.05, 0) is 25.0 Å². The number of aromatic nitrogens is 1. The van der Waals surface area contributed by atoms with E-state index in [0.717, 1.165) is 25.7 Å². The molecule has 1 heterocycles. The third-order valence-electron chi connectivity index (χ3n) is 3.23. The molecule has 0 radical (unpaired) electrons. The first-order valence-electron chi connectivity index (χ1n) is 6.76. The monoisotopic (exact) mass is 332 g/mol. The molecule has 1 fully saturated rings. The summed E-state index contributed by atoms with van der Waals surface area (Å²) in [5.74, 6) is -0.697. The van der Waals surface area contributed by atoms with Gasteiger partial charge in [0.25, 0.3) is 15.9 Å². The maximum atomic E-state index is 11.9. The second-order valence-corrected chi connectivity index (χ2v) is 6.98. The summed E-state index contributed by atoms with van der Waals surface area (Å²) < 4.78 is 31.2. The van der Waals surface area contributed by atoms with Crippen molar-refractivity contribution in [2.75, 3.05) is 6.61 Å². The first-order valence-corrected chi connectivity index (χ1v) is 8.62. The molecule has 1 aliphatic rings. The number of pyridine rings is 1. The zero-order valence-corrected chi connectivity index (χ0v) is 13.0. The van der Waals surface area contributed by atoms with E-state index < -0.39 is 15.9 Å². The maximum Gasteiger partial charge on any atom is 0.281 e. The Morgan fingerprint density at radius 3 is 2.67 bits per heavy atom. The van der Waals surface area contributed by atoms with Crippen molar-refractivity contribution in [3.8, 4) is 0 Å². The zero-order chi connectivity index (χ0) is 15.3. The van der Waals surface area contributed by atoms with Crippen LogP contribution < -0.4 is 4.72 Å². The molecule has 1 amide bonds. The number of carbonyl (C=O) groups excluding carboxylic acids is 1. The molecule has 0 saturated heterocycles. The van der Waals surface area contributed by atoms with Crippen LogP contribution in [-0.2, 0) is 19.6 Å². The predicted molar refractivity (Wildman–Crippen MR) is 77.4 cm³/mol. The van der Waals surface area contributed by atoms with Gasteiger partial charge in [-0.15, -0.1) is 0 Å². The van der Waals surface area contributed by atoms with Gasteiger partial charge in [-0.25, -0.2) is 9.71 Å². The molecule has 1 N–H and O–H groups in total. The van der Waals surface area contributed by atoms with Crippen molar-refractivity contribution in [3.05, 3.63) is 23.4 Å². The summed E-state index contributed by atoms with van der Waals surface area (Å²) in [7, 11) is -3.98. The molecule has 2 rings (SSSR count). The van der Waals surface area contributed by atoms with Gasteiger partial charge in [0.1, 0.15) is 6.61 Å². The highest BCUT2D eigenvalue weighted by Crippen LogP contribution is 2.20. The fourth-order valence-corrected chi connectivity index (χ4v) is 3.19. The van der Waals surface area contributed by atoms with Crippen LogP contribution in [0.5, 0.6) is 0 Å². The smallest absolute Gasteiger partial charge is 0.281 e. The third kappa shape index (κ3) is 4.94. The topological polar surface area (TPSA) is 85.4 Å². The van der Waals surface area contributed by atoms with Crippen molar-refractivity contribution < 1.29 is 17.9 Å². The highest BCUT2D eigenvalue weighted by Gasteiger charge is 2.21. The number of nitrogens with zero attached hydrogens (tertiary/aromatic N) is 1. The Balaban J connectivity index is 1.87. The second kappa shape index (κ2) is 7.20. The van der Waals surface area contributed by atoms with Crippen molar-refractivity contribution in [2.45, 2.75) is 43.2 Å². The van der Waals surface area contributed by atoms with Crippen LogP contribution in [0, 0.1) is 0 Å². The first-order chi connectivity index (χ1) is 9.97. The van der Waals surface area contributed by atoms with E-state index in [1.807, 2.05) is 4.72 Å². The van der Waals surface area contributed by atoms with Gasteiger partial charge < -0.3 is 4.74 Å². The lowest BCUT2D eigenvalue weighted by Gasteiger charge is -2.21. The summed E-state index contributed by atoms with van der Waals surface area (Å²) in [6.45, 7) is -0.266. The van der Waals surface area contributed by atoms with Crippen molar-refractivity contribution in [1.82, 2.24) is 9.71 Å². The van der Waals surface area contributed by atoms with Crippen molar-refractivity contribution in [1.29, 1.82) is 0 Å². The molecule has 21 heavy (non-hydrogen) atoms. The van der Waals surface area contributed by atoms with Crippen molar-refractivity contribution in [2.24, 2.45) is 0 Å². The fourth-order valence-electron chi connectivity index (χ4n) is 2.18. The molecule has 6 nitrogen and oxygen atoms in total. The molecule has 1 aliphatic carbocycles. The van der Waals surface area contributed by atoms with Crippen LogP contribution in [0.1, 0.15) is 32.1 Å². The van der Waals surface area contributed by atoms with E-state index in [4.69, 9.17) is 16.3 Å². The summed E-state index contributed by atoms with van der Waals surface area (Å²) in [6, 6.07) is 2.63. The zero-order valence-electron chi connectivity index (χ0n) is 11.4. The fraction of sp³-hybridized carbons (Fsp3) is 0.538. The molecular weight excluding hydrogens is 316 g/mol. The summed E-state index contributed by atoms with van der Waals surface area (Å²) in [6.07, 6.45) is 6.43. The van der Waals surface area contributed by atoms with Gasteiger partial charge in [0.15, 0.2) is 5.03 Å². The van der Waals surface area contributed by atoms with E-state index in [1.54, 1.807) is 0 Å². The molecule has 1 aromatic rings. The quantitative estimate of drug-likeness (QED) is 0.890. The number of nitrogens with one attached hydrogen (secondary N) is 1. The van der Waals surface area contributed by atoms with Crippen LogP contribution in [-0.4, -0.2) is 32.0 Å². The Hall–Kier alpha value is -1.18. The minimum atomic E-state index is -3.98. The Bertz CT molecular complexity index is 583. The lowest BCUT2D eigenvalue weighted by Crippen LogP contribution is -2.35. The van der Waals surface area contributed by atoms with Crippen LogP contribution in [0.2, 0.25) is 5.02 Å². The average Bonchev–Trinajstić information content (AvgIpc) is 2.46. The normalized spacial score (nSPS) is 16.6. The molecule has 0 atom stereocenters. The molecule has 0 bridgehead atoms. The van der Waals surface area contributed by atoms with Gasteiger partial charge in [0, 0.05) is 6.20 Å². The Morgan fingerprint density at radius 2 is 2.05 bits per heavy atom. The summed E-state index contributed by atoms with van der Waals surface area (Å²) in [4.78, 5) is 15.4. The van der Waals surface area contributed by atoms with Crippen LogP contribution in [0.3, 0.4) is 0 Å². The summed E-state index contributed by atoms with van der Waals surface area (Å²) in [5.41, 5.74) is 0. The molecule has 0 aromatic carbocycles. The van der Waals surface area contributed by atoms with E-state index in [1.165, 1.54) is 24.8 Å². The van der Waals surface area contributed by atoms with Crippen LogP contribution in [0.25, 0.3) is 0 Å². The minimum Gasteiger partial charge on any atom is -0.368 e. The number of halogens is 1. The van der Waals surface area contributed by atoms with Crippen LogP contribution in [0.15, 0.2) is 23.4 Å². The Kier molecular flexibility index (Phi) is 5.55. The highest BCUT2D eigenvalue weighted by molar-refractivity contribution is 7.90. The number of hydrogen-bond acceptors (Lipinski definition) is 5. The Labute approximate surface area is 128 Å². The molecule has 0 spiro atoms. The number of amides is 1. The van der Waals surface area contributed by atoms with E-state index in [2.05, 4.69) is 4.98 Å². The second-order valence-electron chi connectivity index (χ2n) is 4.91. The number of carbonyl (C=O) groups is 1. The molecule has 0 unspecified atom stereocenters. The van der Waals surface area contributed by atoms with Gasteiger partial charge in [-0.2, -0.15) is 8.42 Å². The molecule has 1 aromatic heterocycles. The number of rotatable bonds is 5. The highest BCUT2D eigenvalue weighted by atomic mass is 35.5. The minimum absolute atomic E-state index is 0.0425. The van der Waals surface area contributed by atoms with Crippen LogP contribution >= 0.6 is 11.6 Å². The van der Waals surface area contributed by atoms with E-state index in [0.29, 0.717) is 5.02 Å². The predicted octanol–water partition coefficient (Wildman–Crippen LogP) is 1.89. The molecule has 0 aliphatic heterocycles. The SMILES string of the molecule is O=C(COC1CCCCC1)NS(=O)(=O)c1ccc(Cl)cn1. The molecule has 1 saturated carbocycles. The molecule has 116 valence electrons. The van der Waals surface area contributed by atoms with E-state index in [-0.39, 0.29) is 17.7 Å². The number of ether oxygens (including phenoxy) is 1. The number of hydrogen-bond donors (Lipinski definition) is 1. The van der Waals surface area contributed by atoms with Gasteiger partial charge in [-0.1, -0.05) is 30.9 Å². The molecular formula is C13H17ClN2O4S. The molecule has 8 heteroatoms. The van der Waals surface area contributed by atoms with Gasteiger partial charge in [0.2, 0.25) is 0 Å². The largest absolute Gasteiger partial charge is 0.368 e. The van der Waals surface area contributed by atoms with Crippen molar-refractivity contribution >= 4 is 27.5 Å². The average molecular weight is 333 g/mol. The van der Waals surface area contributed by atoms with Gasteiger partial charge >= 0.3 is 0 Å². The number of sulfonamides is 1. The van der Waals surface area contributed by atoms with Gasteiger partial charge in [-0.3, -0.25) is 4.79 Å². The summed E-state index contributed by atoms with van der Waals surface area (Å²) >= 11 is 5.64. The van der Waals surface area contributed by atoms with Crippen LogP contribution in [0.4, 0.5) is 0 Å². The third-order valence-corrected chi connectivity index (χ3v) is 4.74. The van der Waals surface area contributed by atoms with Crippen molar-refractivity contribution in [3.63, 3.8) is 0 Å². The lowest BCUT2D eigenvalue weighted by molar-refractivity contribution is -0.126.